The number of aromatic nitrogens is 1. The number of nitrogens with one attached hydrogen (secondary N) is 1. The molecule has 0 unspecified atom stereocenters. The number of nitrogens with zero attached hydrogens (tertiary/aromatic N) is 3. The van der Waals surface area contributed by atoms with E-state index in [9.17, 15) is 9.59 Å². The summed E-state index contributed by atoms with van der Waals surface area (Å²) in [6.45, 7) is 5.91. The number of aryl methyl sites for hydroxylation is 1. The van der Waals surface area contributed by atoms with Crippen molar-refractivity contribution in [1.82, 2.24) is 14.8 Å². The van der Waals surface area contributed by atoms with Gasteiger partial charge in [-0.15, -0.1) is 0 Å². The second-order valence-electron chi connectivity index (χ2n) is 7.11. The van der Waals surface area contributed by atoms with Crippen LogP contribution < -0.4 is 9.46 Å². The number of ether oxygens (including phenoxy) is 1. The zero-order chi connectivity index (χ0) is 21.5. The molecule has 2 aromatic rings. The number of hydrogen-bond acceptors (Lipinski definition) is 6. The first-order valence-electron chi connectivity index (χ1n) is 10.1. The Morgan fingerprint density at radius 2 is 1.80 bits per heavy atom. The Hall–Kier alpha value is -2.74. The number of rotatable bonds is 7. The van der Waals surface area contributed by atoms with Gasteiger partial charge in [-0.1, -0.05) is 24.9 Å². The van der Waals surface area contributed by atoms with E-state index < -0.39 is 0 Å². The fourth-order valence-corrected chi connectivity index (χ4v) is 3.87. The average Bonchev–Trinajstić information content (AvgIpc) is 2.78. The summed E-state index contributed by atoms with van der Waals surface area (Å²) in [6.07, 6.45) is 1.08. The molecule has 2 amide bonds. The summed E-state index contributed by atoms with van der Waals surface area (Å²) in [5.74, 6) is 1.37. The van der Waals surface area contributed by atoms with Gasteiger partial charge < -0.3 is 19.3 Å². The minimum absolute atomic E-state index is 0.0830. The van der Waals surface area contributed by atoms with Crippen LogP contribution in [0, 0.1) is 6.92 Å². The van der Waals surface area contributed by atoms with Gasteiger partial charge in [0.2, 0.25) is 0 Å². The highest BCUT2D eigenvalue weighted by Gasteiger charge is 2.27. The fourth-order valence-electron chi connectivity index (χ4n) is 3.27. The molecule has 160 valence electrons. The zero-order valence-corrected chi connectivity index (χ0v) is 18.5. The molecule has 1 aromatic carbocycles. The lowest BCUT2D eigenvalue weighted by Gasteiger charge is -2.34. The molecule has 0 atom stereocenters. The lowest BCUT2D eigenvalue weighted by molar-refractivity contribution is 0.0530. The van der Waals surface area contributed by atoms with Crippen LogP contribution in [-0.4, -0.2) is 65.6 Å². The third-order valence-electron chi connectivity index (χ3n) is 4.89. The summed E-state index contributed by atoms with van der Waals surface area (Å²) < 4.78 is 8.73. The van der Waals surface area contributed by atoms with Crippen LogP contribution in [0.4, 0.5) is 5.69 Å². The monoisotopic (exact) mass is 428 g/mol. The quantitative estimate of drug-likeness (QED) is 0.538. The second kappa shape index (κ2) is 10.3. The number of amides is 2. The Kier molecular flexibility index (Phi) is 7.57. The highest BCUT2D eigenvalue weighted by Crippen LogP contribution is 2.26. The predicted octanol–water partition coefficient (Wildman–Crippen LogP) is 3.47. The first-order valence-corrected chi connectivity index (χ1v) is 11.1. The Labute approximate surface area is 181 Å². The molecule has 1 aliphatic rings. The van der Waals surface area contributed by atoms with Crippen molar-refractivity contribution < 1.29 is 14.3 Å². The fraction of sp³-hybridized carbons (Fsp3) is 0.409. The number of methoxy groups -OCH3 is 1. The smallest absolute Gasteiger partial charge is 0.272 e. The number of pyridine rings is 1. The van der Waals surface area contributed by atoms with Crippen molar-refractivity contribution in [3.8, 4) is 5.75 Å². The SMILES string of the molecule is CCCSNc1ccc(C(=O)N2CCN(C(=O)c3cccc(C)n3)CC2)c(OC)c1. The van der Waals surface area contributed by atoms with Crippen LogP contribution in [0.1, 0.15) is 39.9 Å². The van der Waals surface area contributed by atoms with Crippen LogP contribution in [0.2, 0.25) is 0 Å². The van der Waals surface area contributed by atoms with E-state index in [4.69, 9.17) is 4.74 Å². The van der Waals surface area contributed by atoms with Crippen LogP contribution in [0.5, 0.6) is 5.75 Å². The van der Waals surface area contributed by atoms with E-state index >= 15 is 0 Å². The second-order valence-corrected chi connectivity index (χ2v) is 8.02. The van der Waals surface area contributed by atoms with Gasteiger partial charge in [0, 0.05) is 49.4 Å². The topological polar surface area (TPSA) is 74.8 Å². The molecule has 3 rings (SSSR count). The molecule has 1 fully saturated rings. The van der Waals surface area contributed by atoms with E-state index in [1.54, 1.807) is 41.0 Å². The van der Waals surface area contributed by atoms with Crippen LogP contribution in [-0.2, 0) is 0 Å². The molecule has 0 aliphatic carbocycles. The molecule has 30 heavy (non-hydrogen) atoms. The molecule has 8 heteroatoms. The molecule has 2 heterocycles. The highest BCUT2D eigenvalue weighted by molar-refractivity contribution is 8.00. The third kappa shape index (κ3) is 5.24. The number of carbonyl (C=O) groups excluding carboxylic acids is 2. The summed E-state index contributed by atoms with van der Waals surface area (Å²) in [6, 6.07) is 11.0. The van der Waals surface area contributed by atoms with Crippen molar-refractivity contribution >= 4 is 29.4 Å². The van der Waals surface area contributed by atoms with Gasteiger partial charge >= 0.3 is 0 Å². The molecule has 0 saturated carbocycles. The van der Waals surface area contributed by atoms with Gasteiger partial charge in [-0.3, -0.25) is 9.59 Å². The summed E-state index contributed by atoms with van der Waals surface area (Å²) in [7, 11) is 1.57. The number of piperazine rings is 1. The minimum Gasteiger partial charge on any atom is -0.496 e. The van der Waals surface area contributed by atoms with Crippen molar-refractivity contribution in [2.75, 3.05) is 43.8 Å². The normalized spacial score (nSPS) is 13.8. The average molecular weight is 429 g/mol. The summed E-state index contributed by atoms with van der Waals surface area (Å²) in [5.41, 5.74) is 2.69. The summed E-state index contributed by atoms with van der Waals surface area (Å²) >= 11 is 1.63. The van der Waals surface area contributed by atoms with Crippen molar-refractivity contribution in [2.24, 2.45) is 0 Å². The van der Waals surface area contributed by atoms with E-state index in [0.29, 0.717) is 43.2 Å². The van der Waals surface area contributed by atoms with Gasteiger partial charge in [0.1, 0.15) is 11.4 Å². The molecule has 1 aliphatic heterocycles. The van der Waals surface area contributed by atoms with Gasteiger partial charge in [-0.25, -0.2) is 4.98 Å². The van der Waals surface area contributed by atoms with Crippen LogP contribution in [0.25, 0.3) is 0 Å². The van der Waals surface area contributed by atoms with Crippen LogP contribution in [0.3, 0.4) is 0 Å². The standard InChI is InChI=1S/C22H28N4O3S/c1-4-14-30-24-17-8-9-18(20(15-17)29-3)21(27)25-10-12-26(13-11-25)22(28)19-7-5-6-16(2)23-19/h5-9,15,24H,4,10-14H2,1-3H3. The van der Waals surface area contributed by atoms with Gasteiger partial charge in [-0.2, -0.15) is 0 Å². The molecule has 1 N–H and O–H groups in total. The van der Waals surface area contributed by atoms with Gasteiger partial charge in [-0.05, 0) is 37.6 Å². The van der Waals surface area contributed by atoms with E-state index in [2.05, 4.69) is 16.6 Å². The molecular formula is C22H28N4O3S. The van der Waals surface area contributed by atoms with Crippen molar-refractivity contribution in [1.29, 1.82) is 0 Å². The highest BCUT2D eigenvalue weighted by atomic mass is 32.2. The summed E-state index contributed by atoms with van der Waals surface area (Å²) in [4.78, 5) is 33.6. The maximum atomic E-state index is 13.0. The molecule has 0 radical (unpaired) electrons. The Bertz CT molecular complexity index is 898. The molecule has 0 bridgehead atoms. The number of benzene rings is 1. The van der Waals surface area contributed by atoms with Crippen molar-refractivity contribution in [3.05, 3.63) is 53.3 Å². The molecule has 1 aromatic heterocycles. The van der Waals surface area contributed by atoms with E-state index in [0.717, 1.165) is 23.6 Å². The molecule has 7 nitrogen and oxygen atoms in total. The van der Waals surface area contributed by atoms with Crippen LogP contribution >= 0.6 is 11.9 Å². The maximum absolute atomic E-state index is 13.0. The molecular weight excluding hydrogens is 400 g/mol. The lowest BCUT2D eigenvalue weighted by Crippen LogP contribution is -2.50. The van der Waals surface area contributed by atoms with E-state index in [-0.39, 0.29) is 11.8 Å². The van der Waals surface area contributed by atoms with E-state index in [1.165, 1.54) is 0 Å². The number of carbonyl (C=O) groups is 2. The molecule has 1 saturated heterocycles. The summed E-state index contributed by atoms with van der Waals surface area (Å²) in [5, 5.41) is 0. The van der Waals surface area contributed by atoms with Crippen molar-refractivity contribution in [3.63, 3.8) is 0 Å². The van der Waals surface area contributed by atoms with Crippen LogP contribution in [0.15, 0.2) is 36.4 Å². The van der Waals surface area contributed by atoms with E-state index in [1.807, 2.05) is 31.2 Å². The largest absolute Gasteiger partial charge is 0.496 e. The Balaban J connectivity index is 1.62. The first kappa shape index (κ1) is 22.0. The predicted molar refractivity (Wildman–Crippen MR) is 120 cm³/mol. The minimum atomic E-state index is -0.0941. The van der Waals surface area contributed by atoms with Crippen molar-refractivity contribution in [2.45, 2.75) is 20.3 Å². The van der Waals surface area contributed by atoms with Gasteiger partial charge in [0.25, 0.3) is 11.8 Å². The Morgan fingerprint density at radius 3 is 2.43 bits per heavy atom. The number of hydrogen-bond donors (Lipinski definition) is 1. The first-order chi connectivity index (χ1) is 14.5. The molecule has 0 spiro atoms. The zero-order valence-electron chi connectivity index (χ0n) is 17.7. The number of anilines is 1. The Morgan fingerprint density at radius 1 is 1.10 bits per heavy atom. The van der Waals surface area contributed by atoms with Gasteiger partial charge in [0.05, 0.1) is 12.7 Å². The third-order valence-corrected chi connectivity index (χ3v) is 5.88. The lowest BCUT2D eigenvalue weighted by atomic mass is 10.1. The van der Waals surface area contributed by atoms with Gasteiger partial charge in [0.15, 0.2) is 0 Å². The maximum Gasteiger partial charge on any atom is 0.272 e.